The van der Waals surface area contributed by atoms with Crippen molar-refractivity contribution in [2.24, 2.45) is 0 Å². The second-order valence-corrected chi connectivity index (χ2v) is 5.22. The molecule has 0 atom stereocenters. The number of hydrogen-bond acceptors (Lipinski definition) is 6. The van der Waals surface area contributed by atoms with E-state index in [0.717, 1.165) is 31.7 Å². The van der Waals surface area contributed by atoms with Crippen molar-refractivity contribution in [1.29, 1.82) is 0 Å². The van der Waals surface area contributed by atoms with Gasteiger partial charge in [-0.1, -0.05) is 0 Å². The van der Waals surface area contributed by atoms with E-state index < -0.39 is 0 Å². The van der Waals surface area contributed by atoms with Gasteiger partial charge in [-0.3, -0.25) is 0 Å². The SMILES string of the molecule is CCOC(=O)c1ccc(N2CCC(n3cncn3)CC2)nc1. The summed E-state index contributed by atoms with van der Waals surface area (Å²) in [5, 5.41) is 4.21. The van der Waals surface area contributed by atoms with Crippen molar-refractivity contribution in [2.75, 3.05) is 24.6 Å². The summed E-state index contributed by atoms with van der Waals surface area (Å²) in [6.45, 7) is 3.99. The number of aromatic nitrogens is 4. The van der Waals surface area contributed by atoms with Crippen molar-refractivity contribution in [3.05, 3.63) is 36.5 Å². The molecule has 0 aromatic carbocycles. The topological polar surface area (TPSA) is 73.1 Å². The Labute approximate surface area is 128 Å². The molecule has 3 heterocycles. The van der Waals surface area contributed by atoms with Gasteiger partial charge >= 0.3 is 5.97 Å². The summed E-state index contributed by atoms with van der Waals surface area (Å²) < 4.78 is 6.89. The molecule has 2 aromatic heterocycles. The fourth-order valence-electron chi connectivity index (χ4n) is 2.67. The minimum Gasteiger partial charge on any atom is -0.462 e. The van der Waals surface area contributed by atoms with Crippen LogP contribution >= 0.6 is 0 Å². The molecular weight excluding hydrogens is 282 g/mol. The monoisotopic (exact) mass is 301 g/mol. The Balaban J connectivity index is 1.60. The quantitative estimate of drug-likeness (QED) is 0.800. The Bertz CT molecular complexity index is 603. The van der Waals surface area contributed by atoms with Gasteiger partial charge < -0.3 is 9.64 Å². The fraction of sp³-hybridized carbons (Fsp3) is 0.467. The predicted octanol–water partition coefficient (Wildman–Crippen LogP) is 1.69. The van der Waals surface area contributed by atoms with Gasteiger partial charge in [-0.25, -0.2) is 19.4 Å². The van der Waals surface area contributed by atoms with Crippen molar-refractivity contribution in [3.8, 4) is 0 Å². The first-order valence-electron chi connectivity index (χ1n) is 7.50. The minimum absolute atomic E-state index is 0.327. The second kappa shape index (κ2) is 6.55. The van der Waals surface area contributed by atoms with Crippen molar-refractivity contribution >= 4 is 11.8 Å². The van der Waals surface area contributed by atoms with E-state index in [2.05, 4.69) is 20.0 Å². The van der Waals surface area contributed by atoms with Gasteiger partial charge in [-0.15, -0.1) is 0 Å². The van der Waals surface area contributed by atoms with Crippen LogP contribution in [0.4, 0.5) is 5.82 Å². The highest BCUT2D eigenvalue weighted by molar-refractivity contribution is 5.89. The Morgan fingerprint density at radius 1 is 1.36 bits per heavy atom. The van der Waals surface area contributed by atoms with Crippen LogP contribution in [0.1, 0.15) is 36.2 Å². The zero-order valence-corrected chi connectivity index (χ0v) is 12.6. The van der Waals surface area contributed by atoms with E-state index in [0.29, 0.717) is 18.2 Å². The van der Waals surface area contributed by atoms with Crippen LogP contribution < -0.4 is 4.90 Å². The highest BCUT2D eigenvalue weighted by atomic mass is 16.5. The minimum atomic E-state index is -0.327. The number of pyridine rings is 1. The van der Waals surface area contributed by atoms with Crippen LogP contribution in [0, 0.1) is 0 Å². The molecule has 22 heavy (non-hydrogen) atoms. The van der Waals surface area contributed by atoms with Gasteiger partial charge in [0, 0.05) is 19.3 Å². The number of rotatable bonds is 4. The van der Waals surface area contributed by atoms with E-state index in [1.165, 1.54) is 0 Å². The Hall–Kier alpha value is -2.44. The predicted molar refractivity (Wildman–Crippen MR) is 80.7 cm³/mol. The van der Waals surface area contributed by atoms with Crippen molar-refractivity contribution in [3.63, 3.8) is 0 Å². The van der Waals surface area contributed by atoms with Crippen molar-refractivity contribution in [1.82, 2.24) is 19.7 Å². The van der Waals surface area contributed by atoms with E-state index in [4.69, 9.17) is 4.74 Å². The van der Waals surface area contributed by atoms with E-state index in [1.54, 1.807) is 31.8 Å². The Morgan fingerprint density at radius 3 is 2.77 bits per heavy atom. The Morgan fingerprint density at radius 2 is 2.18 bits per heavy atom. The molecule has 0 bridgehead atoms. The molecule has 0 unspecified atom stereocenters. The van der Waals surface area contributed by atoms with Gasteiger partial charge in [-0.2, -0.15) is 5.10 Å². The second-order valence-electron chi connectivity index (χ2n) is 5.22. The highest BCUT2D eigenvalue weighted by Gasteiger charge is 2.22. The lowest BCUT2D eigenvalue weighted by atomic mass is 10.1. The van der Waals surface area contributed by atoms with Gasteiger partial charge in [0.2, 0.25) is 0 Å². The van der Waals surface area contributed by atoms with Crippen LogP contribution in [-0.2, 0) is 4.74 Å². The van der Waals surface area contributed by atoms with Crippen LogP contribution in [0.2, 0.25) is 0 Å². The Kier molecular flexibility index (Phi) is 4.32. The van der Waals surface area contributed by atoms with E-state index in [9.17, 15) is 4.79 Å². The average Bonchev–Trinajstić information content (AvgIpc) is 3.10. The molecule has 1 fully saturated rings. The third-order valence-electron chi connectivity index (χ3n) is 3.86. The zero-order chi connectivity index (χ0) is 15.4. The number of ether oxygens (including phenoxy) is 1. The summed E-state index contributed by atoms with van der Waals surface area (Å²) in [5.74, 6) is 0.566. The molecule has 0 spiro atoms. The third kappa shape index (κ3) is 3.08. The lowest BCUT2D eigenvalue weighted by Gasteiger charge is -2.32. The molecule has 7 nitrogen and oxygen atoms in total. The molecule has 1 aliphatic heterocycles. The summed E-state index contributed by atoms with van der Waals surface area (Å²) in [7, 11) is 0. The standard InChI is InChI=1S/C15H19N5O2/c1-2-22-15(21)12-3-4-14(17-9-12)19-7-5-13(6-8-19)20-11-16-10-18-20/h3-4,9-11,13H,2,5-8H2,1H3. The number of anilines is 1. The number of carbonyl (C=O) groups excluding carboxylic acids is 1. The molecule has 2 aromatic rings. The van der Waals surface area contributed by atoms with Crippen LogP contribution in [0.25, 0.3) is 0 Å². The first kappa shape index (κ1) is 14.5. The van der Waals surface area contributed by atoms with Gasteiger partial charge in [0.05, 0.1) is 18.2 Å². The molecule has 3 rings (SSSR count). The maximum absolute atomic E-state index is 11.6. The molecule has 0 N–H and O–H groups in total. The molecule has 0 saturated carbocycles. The normalized spacial score (nSPS) is 15.8. The van der Waals surface area contributed by atoms with E-state index in [1.807, 2.05) is 10.7 Å². The third-order valence-corrected chi connectivity index (χ3v) is 3.86. The molecule has 0 amide bonds. The van der Waals surface area contributed by atoms with Crippen LogP contribution in [0.15, 0.2) is 31.0 Å². The summed E-state index contributed by atoms with van der Waals surface area (Å²) >= 11 is 0. The molecular formula is C15H19N5O2. The number of nitrogens with zero attached hydrogens (tertiary/aromatic N) is 5. The van der Waals surface area contributed by atoms with Crippen LogP contribution in [0.5, 0.6) is 0 Å². The zero-order valence-electron chi connectivity index (χ0n) is 12.6. The van der Waals surface area contributed by atoms with Gasteiger partial charge in [0.1, 0.15) is 18.5 Å². The smallest absolute Gasteiger partial charge is 0.339 e. The largest absolute Gasteiger partial charge is 0.462 e. The first-order chi connectivity index (χ1) is 10.8. The van der Waals surface area contributed by atoms with Crippen LogP contribution in [-0.4, -0.2) is 45.4 Å². The molecule has 0 aliphatic carbocycles. The number of hydrogen-bond donors (Lipinski definition) is 0. The van der Waals surface area contributed by atoms with E-state index >= 15 is 0 Å². The molecule has 116 valence electrons. The van der Waals surface area contributed by atoms with Gasteiger partial charge in [0.25, 0.3) is 0 Å². The summed E-state index contributed by atoms with van der Waals surface area (Å²) in [4.78, 5) is 22.2. The van der Waals surface area contributed by atoms with Crippen molar-refractivity contribution < 1.29 is 9.53 Å². The number of piperidine rings is 1. The lowest BCUT2D eigenvalue weighted by Crippen LogP contribution is -2.35. The fourth-order valence-corrected chi connectivity index (χ4v) is 2.67. The lowest BCUT2D eigenvalue weighted by molar-refractivity contribution is 0.0526. The molecule has 1 saturated heterocycles. The summed E-state index contributed by atoms with van der Waals surface area (Å²) in [6, 6.07) is 4.05. The summed E-state index contributed by atoms with van der Waals surface area (Å²) in [6.07, 6.45) is 6.93. The van der Waals surface area contributed by atoms with Crippen LogP contribution in [0.3, 0.4) is 0 Å². The maximum atomic E-state index is 11.6. The number of carbonyl (C=O) groups is 1. The van der Waals surface area contributed by atoms with Gasteiger partial charge in [0.15, 0.2) is 0 Å². The molecule has 0 radical (unpaired) electrons. The van der Waals surface area contributed by atoms with Gasteiger partial charge in [-0.05, 0) is 31.9 Å². The van der Waals surface area contributed by atoms with E-state index in [-0.39, 0.29) is 5.97 Å². The average molecular weight is 301 g/mol. The first-order valence-corrected chi connectivity index (χ1v) is 7.50. The number of esters is 1. The molecule has 1 aliphatic rings. The highest BCUT2D eigenvalue weighted by Crippen LogP contribution is 2.24. The maximum Gasteiger partial charge on any atom is 0.339 e. The van der Waals surface area contributed by atoms with Crippen molar-refractivity contribution in [2.45, 2.75) is 25.8 Å². The summed E-state index contributed by atoms with van der Waals surface area (Å²) in [5.41, 5.74) is 0.489. The molecule has 7 heteroatoms.